The molecule has 3 rings (SSSR count). The Morgan fingerprint density at radius 3 is 3.00 bits per heavy atom. The number of nitrogens with zero attached hydrogens (tertiary/aromatic N) is 5. The first kappa shape index (κ1) is 17.9. The second-order valence-electron chi connectivity index (χ2n) is 6.52. The van der Waals surface area contributed by atoms with E-state index in [1.165, 1.54) is 18.1 Å². The molecule has 0 aliphatic carbocycles. The number of benzene rings is 1. The smallest absolute Gasteiger partial charge is 0.414 e. The zero-order valence-electron chi connectivity index (χ0n) is 15.1. The molecule has 2 aromatic rings. The van der Waals surface area contributed by atoms with Crippen LogP contribution < -0.4 is 4.90 Å². The van der Waals surface area contributed by atoms with Gasteiger partial charge in [-0.3, -0.25) is 14.6 Å². The number of carbonyl (C=O) groups is 1. The van der Waals surface area contributed by atoms with Crippen LogP contribution in [0.25, 0.3) is 10.9 Å². The van der Waals surface area contributed by atoms with Gasteiger partial charge in [-0.25, -0.2) is 9.18 Å². The Morgan fingerprint density at radius 2 is 2.35 bits per heavy atom. The lowest BCUT2D eigenvalue weighted by Gasteiger charge is -2.17. The second-order valence-corrected chi connectivity index (χ2v) is 6.52. The molecule has 1 aliphatic rings. The minimum atomic E-state index is -0.435. The average molecular weight is 359 g/mol. The summed E-state index contributed by atoms with van der Waals surface area (Å²) < 4.78 is 20.4. The Hall–Kier alpha value is -2.90. The summed E-state index contributed by atoms with van der Waals surface area (Å²) in [6.07, 6.45) is 2.14. The van der Waals surface area contributed by atoms with E-state index < -0.39 is 18.0 Å². The summed E-state index contributed by atoms with van der Waals surface area (Å²) >= 11 is 0. The number of aromatic nitrogens is 2. The third kappa shape index (κ3) is 3.54. The molecule has 1 amide bonds. The van der Waals surface area contributed by atoms with Crippen LogP contribution >= 0.6 is 0 Å². The maximum Gasteiger partial charge on any atom is 0.414 e. The van der Waals surface area contributed by atoms with Crippen LogP contribution in [0.3, 0.4) is 0 Å². The predicted molar refractivity (Wildman–Crippen MR) is 98.9 cm³/mol. The highest BCUT2D eigenvalue weighted by atomic mass is 19.1. The van der Waals surface area contributed by atoms with Crippen molar-refractivity contribution in [2.75, 3.05) is 18.0 Å². The summed E-state index contributed by atoms with van der Waals surface area (Å²) in [5.74, 6) is -0.397. The molecule has 7 nitrogen and oxygen atoms in total. The lowest BCUT2D eigenvalue weighted by molar-refractivity contribution is 0.122. The molecule has 1 fully saturated rings. The Bertz CT molecular complexity index is 856. The number of amides is 1. The number of cyclic esters (lactones) is 1. The molecule has 1 aliphatic heterocycles. The molecule has 0 radical (unpaired) electrons. The van der Waals surface area contributed by atoms with Crippen molar-refractivity contribution in [1.29, 1.82) is 0 Å². The molecule has 1 aromatic carbocycles. The van der Waals surface area contributed by atoms with Crippen LogP contribution in [0.4, 0.5) is 14.9 Å². The van der Waals surface area contributed by atoms with E-state index in [9.17, 15) is 9.18 Å². The summed E-state index contributed by atoms with van der Waals surface area (Å²) in [4.78, 5) is 13.8. The lowest BCUT2D eigenvalue weighted by atomic mass is 10.2. The van der Waals surface area contributed by atoms with E-state index in [1.54, 1.807) is 11.1 Å². The molecule has 1 atom stereocenters. The summed E-state index contributed by atoms with van der Waals surface area (Å²) in [6, 6.07) is 6.00. The number of allylic oxidation sites excluding steroid dienone is 1. The molecular formula is C18H22FN5O2. The molecule has 8 heteroatoms. The van der Waals surface area contributed by atoms with E-state index in [4.69, 9.17) is 4.74 Å². The molecule has 2 heterocycles. The van der Waals surface area contributed by atoms with Crippen molar-refractivity contribution in [3.8, 4) is 0 Å². The zero-order chi connectivity index (χ0) is 18.8. The number of ether oxygens (including phenoxy) is 1. The monoisotopic (exact) mass is 359 g/mol. The fourth-order valence-electron chi connectivity index (χ4n) is 3.01. The van der Waals surface area contributed by atoms with Gasteiger partial charge >= 0.3 is 6.09 Å². The van der Waals surface area contributed by atoms with Crippen molar-refractivity contribution in [3.05, 3.63) is 36.4 Å². The Labute approximate surface area is 151 Å². The number of hydrogen-bond donors (Lipinski definition) is 0. The minimum absolute atomic E-state index is 0.237. The minimum Gasteiger partial charge on any atom is -0.442 e. The molecule has 26 heavy (non-hydrogen) atoms. The highest BCUT2D eigenvalue weighted by Crippen LogP contribution is 2.27. The predicted octanol–water partition coefficient (Wildman–Crippen LogP) is 3.69. The summed E-state index contributed by atoms with van der Waals surface area (Å²) in [6.45, 7) is 9.44. The number of anilines is 1. The van der Waals surface area contributed by atoms with Crippen LogP contribution in [-0.2, 0) is 4.74 Å². The van der Waals surface area contributed by atoms with Crippen LogP contribution in [0.15, 0.2) is 41.5 Å². The van der Waals surface area contributed by atoms with E-state index in [1.807, 2.05) is 22.9 Å². The molecule has 1 aromatic heterocycles. The number of carbonyl (C=O) groups excluding carboxylic acids is 1. The van der Waals surface area contributed by atoms with Crippen molar-refractivity contribution in [2.24, 2.45) is 5.10 Å². The van der Waals surface area contributed by atoms with Gasteiger partial charge in [0.15, 0.2) is 0 Å². The van der Waals surface area contributed by atoms with E-state index in [-0.39, 0.29) is 12.6 Å². The highest BCUT2D eigenvalue weighted by molar-refractivity contribution is 5.93. The standard InChI is InChI=1S/C18H22FN5O2/c1-12(2)24-17-6-5-15(7-14(17)8-21-24)23-11-16(26-18(23)25)10-22(20-4)9-13(3)19/h5-9,12,16H,4,10-11H2,1-3H3/b13-9+. The van der Waals surface area contributed by atoms with Crippen LogP contribution in [0.1, 0.15) is 26.8 Å². The van der Waals surface area contributed by atoms with Gasteiger partial charge in [0.25, 0.3) is 0 Å². The van der Waals surface area contributed by atoms with Crippen molar-refractivity contribution in [3.63, 3.8) is 0 Å². The summed E-state index contributed by atoms with van der Waals surface area (Å²) in [7, 11) is 0. The average Bonchev–Trinajstić information content (AvgIpc) is 3.16. The fourth-order valence-corrected chi connectivity index (χ4v) is 3.01. The quantitative estimate of drug-likeness (QED) is 0.583. The van der Waals surface area contributed by atoms with Gasteiger partial charge in [-0.1, -0.05) is 0 Å². The molecule has 138 valence electrons. The van der Waals surface area contributed by atoms with Crippen LogP contribution in [-0.4, -0.2) is 46.8 Å². The van der Waals surface area contributed by atoms with Crippen molar-refractivity contribution in [1.82, 2.24) is 14.8 Å². The van der Waals surface area contributed by atoms with Crippen LogP contribution in [0.5, 0.6) is 0 Å². The molecule has 1 unspecified atom stereocenters. The molecule has 0 bridgehead atoms. The Morgan fingerprint density at radius 1 is 1.58 bits per heavy atom. The first-order valence-electron chi connectivity index (χ1n) is 8.41. The van der Waals surface area contributed by atoms with Gasteiger partial charge in [-0.15, -0.1) is 0 Å². The van der Waals surface area contributed by atoms with Gasteiger partial charge in [0.2, 0.25) is 0 Å². The van der Waals surface area contributed by atoms with Gasteiger partial charge in [0.1, 0.15) is 11.9 Å². The Balaban J connectivity index is 1.77. The van der Waals surface area contributed by atoms with Crippen LogP contribution in [0.2, 0.25) is 0 Å². The zero-order valence-corrected chi connectivity index (χ0v) is 15.1. The SMILES string of the molecule is C=NN(/C=C(\C)F)CC1CN(c2ccc3c(cnn3C(C)C)c2)C(=O)O1. The fraction of sp³-hybridized carbons (Fsp3) is 0.389. The first-order chi connectivity index (χ1) is 12.4. The molecule has 1 saturated heterocycles. The summed E-state index contributed by atoms with van der Waals surface area (Å²) in [5, 5.41) is 10.4. The van der Waals surface area contributed by atoms with Gasteiger partial charge < -0.3 is 4.74 Å². The first-order valence-corrected chi connectivity index (χ1v) is 8.41. The number of rotatable bonds is 6. The van der Waals surface area contributed by atoms with E-state index >= 15 is 0 Å². The third-order valence-corrected chi connectivity index (χ3v) is 4.15. The number of halogens is 1. The van der Waals surface area contributed by atoms with Crippen molar-refractivity contribution in [2.45, 2.75) is 32.9 Å². The highest BCUT2D eigenvalue weighted by Gasteiger charge is 2.33. The molecular weight excluding hydrogens is 337 g/mol. The maximum absolute atomic E-state index is 13.0. The number of fused-ring (bicyclic) bond motifs is 1. The Kier molecular flexibility index (Phi) is 4.92. The molecule has 0 saturated carbocycles. The van der Waals surface area contributed by atoms with E-state index in [0.717, 1.165) is 16.6 Å². The largest absolute Gasteiger partial charge is 0.442 e. The third-order valence-electron chi connectivity index (χ3n) is 4.15. The second kappa shape index (κ2) is 7.15. The van der Waals surface area contributed by atoms with Gasteiger partial charge in [-0.05, 0) is 39.0 Å². The normalized spacial score (nSPS) is 17.9. The topological polar surface area (TPSA) is 63.0 Å². The van der Waals surface area contributed by atoms with E-state index in [0.29, 0.717) is 6.54 Å². The van der Waals surface area contributed by atoms with Gasteiger partial charge in [0, 0.05) is 23.8 Å². The van der Waals surface area contributed by atoms with Gasteiger partial charge in [0.05, 0.1) is 31.0 Å². The van der Waals surface area contributed by atoms with Crippen LogP contribution in [0, 0.1) is 0 Å². The lowest BCUT2D eigenvalue weighted by Crippen LogP contribution is -2.29. The van der Waals surface area contributed by atoms with E-state index in [2.05, 4.69) is 30.8 Å². The van der Waals surface area contributed by atoms with Crippen molar-refractivity contribution >= 4 is 29.4 Å². The maximum atomic E-state index is 13.0. The van der Waals surface area contributed by atoms with Crippen molar-refractivity contribution < 1.29 is 13.9 Å². The number of hydrazone groups is 1. The molecule has 0 spiro atoms. The van der Waals surface area contributed by atoms with Gasteiger partial charge in [-0.2, -0.15) is 10.2 Å². The summed E-state index contributed by atoms with van der Waals surface area (Å²) in [5.41, 5.74) is 1.75. The molecule has 0 N–H and O–H groups in total. The number of hydrogen-bond acceptors (Lipinski definition) is 5.